The maximum Gasteiger partial charge on any atom is 0.236 e. The van der Waals surface area contributed by atoms with Gasteiger partial charge in [-0.15, -0.1) is 0 Å². The Bertz CT molecular complexity index is 794. The van der Waals surface area contributed by atoms with Gasteiger partial charge in [-0.3, -0.25) is 4.72 Å². The van der Waals surface area contributed by atoms with Crippen molar-refractivity contribution in [3.8, 4) is 0 Å². The number of aryl methyl sites for hydroxylation is 1. The highest BCUT2D eigenvalue weighted by atomic mass is 32.2. The van der Waals surface area contributed by atoms with Crippen molar-refractivity contribution in [1.29, 1.82) is 0 Å². The number of hydrogen-bond acceptors (Lipinski definition) is 4. The topological polar surface area (TPSA) is 52.7 Å². The normalized spacial score (nSPS) is 16.0. The summed E-state index contributed by atoms with van der Waals surface area (Å²) < 4.78 is 27.4. The molecule has 0 unspecified atom stereocenters. The maximum absolute atomic E-state index is 12.3. The Morgan fingerprint density at radius 3 is 2.12 bits per heavy atom. The molecule has 0 atom stereocenters. The molecule has 0 spiro atoms. The van der Waals surface area contributed by atoms with Crippen molar-refractivity contribution in [1.82, 2.24) is 4.90 Å². The predicted molar refractivity (Wildman–Crippen MR) is 104 cm³/mol. The summed E-state index contributed by atoms with van der Waals surface area (Å²) in [4.78, 5) is 4.63. The molecule has 1 fully saturated rings. The van der Waals surface area contributed by atoms with E-state index in [-0.39, 0.29) is 5.75 Å². The van der Waals surface area contributed by atoms with E-state index in [1.807, 2.05) is 55.5 Å². The van der Waals surface area contributed by atoms with Crippen LogP contribution in [0, 0.1) is 6.92 Å². The fourth-order valence-corrected chi connectivity index (χ4v) is 4.12. The first-order valence-corrected chi connectivity index (χ1v) is 10.2. The molecular weight excluding hydrogens is 334 g/mol. The molecule has 1 aliphatic heterocycles. The predicted octanol–water partition coefficient (Wildman–Crippen LogP) is 2.69. The molecule has 6 heteroatoms. The van der Waals surface area contributed by atoms with Gasteiger partial charge in [-0.2, -0.15) is 0 Å². The van der Waals surface area contributed by atoms with E-state index in [1.165, 1.54) is 0 Å². The van der Waals surface area contributed by atoms with Crippen LogP contribution in [-0.2, 0) is 15.8 Å². The quantitative estimate of drug-likeness (QED) is 0.892. The van der Waals surface area contributed by atoms with Crippen molar-refractivity contribution >= 4 is 21.4 Å². The molecule has 3 rings (SSSR count). The van der Waals surface area contributed by atoms with Crippen LogP contribution in [0.2, 0.25) is 0 Å². The van der Waals surface area contributed by atoms with Crippen molar-refractivity contribution in [3.63, 3.8) is 0 Å². The van der Waals surface area contributed by atoms with Crippen molar-refractivity contribution < 1.29 is 8.42 Å². The lowest BCUT2D eigenvalue weighted by atomic mass is 10.2. The first-order chi connectivity index (χ1) is 11.9. The summed E-state index contributed by atoms with van der Waals surface area (Å²) in [5.41, 5.74) is 3.64. The second-order valence-electron chi connectivity index (χ2n) is 6.68. The molecule has 2 aromatic carbocycles. The minimum absolute atomic E-state index is 0.0203. The fraction of sp³-hybridized carbons (Fsp3) is 0.368. The number of nitrogens with one attached hydrogen (secondary N) is 1. The minimum atomic E-state index is -3.42. The molecule has 1 aliphatic rings. The Kier molecular flexibility index (Phi) is 5.30. The first-order valence-electron chi connectivity index (χ1n) is 8.51. The summed E-state index contributed by atoms with van der Waals surface area (Å²) in [6, 6.07) is 15.2. The second-order valence-corrected chi connectivity index (χ2v) is 8.41. The highest BCUT2D eigenvalue weighted by molar-refractivity contribution is 7.91. The van der Waals surface area contributed by atoms with Crippen molar-refractivity contribution in [2.75, 3.05) is 42.8 Å². The van der Waals surface area contributed by atoms with Gasteiger partial charge < -0.3 is 9.80 Å². The average molecular weight is 359 g/mol. The number of sulfonamides is 1. The fourth-order valence-electron chi connectivity index (χ4n) is 2.92. The smallest absolute Gasteiger partial charge is 0.236 e. The van der Waals surface area contributed by atoms with Crippen LogP contribution in [0.15, 0.2) is 48.5 Å². The van der Waals surface area contributed by atoms with Crippen LogP contribution in [0.5, 0.6) is 0 Å². The lowest BCUT2D eigenvalue weighted by molar-refractivity contribution is 0.313. The molecular formula is C19H25N3O2S. The number of rotatable bonds is 5. The van der Waals surface area contributed by atoms with Gasteiger partial charge in [-0.25, -0.2) is 8.42 Å². The van der Waals surface area contributed by atoms with Crippen LogP contribution in [-0.4, -0.2) is 46.5 Å². The highest BCUT2D eigenvalue weighted by Crippen LogP contribution is 2.20. The SMILES string of the molecule is Cc1ccc(CS(=O)(=O)Nc2ccc(N3CCN(C)CC3)cc2)cc1. The van der Waals surface area contributed by atoms with E-state index in [0.29, 0.717) is 5.69 Å². The summed E-state index contributed by atoms with van der Waals surface area (Å²) in [6.45, 7) is 6.07. The number of anilines is 2. The Morgan fingerprint density at radius 2 is 1.52 bits per heavy atom. The zero-order chi connectivity index (χ0) is 17.9. The monoisotopic (exact) mass is 359 g/mol. The lowest BCUT2D eigenvalue weighted by Crippen LogP contribution is -2.44. The Balaban J connectivity index is 1.63. The number of nitrogens with zero attached hydrogens (tertiary/aromatic N) is 2. The van der Waals surface area contributed by atoms with Gasteiger partial charge in [-0.1, -0.05) is 29.8 Å². The number of likely N-dealkylation sites (N-methyl/N-ethyl adjacent to an activating group) is 1. The van der Waals surface area contributed by atoms with E-state index in [1.54, 1.807) is 0 Å². The molecule has 0 bridgehead atoms. The standard InChI is InChI=1S/C19H25N3O2S/c1-16-3-5-17(6-4-16)15-25(23,24)20-18-7-9-19(10-8-18)22-13-11-21(2)12-14-22/h3-10,20H,11-15H2,1-2H3. The molecule has 0 aromatic heterocycles. The van der Waals surface area contributed by atoms with Gasteiger partial charge in [0.15, 0.2) is 0 Å². The van der Waals surface area contributed by atoms with Gasteiger partial charge in [0, 0.05) is 37.6 Å². The van der Waals surface area contributed by atoms with Crippen molar-refractivity contribution in [2.45, 2.75) is 12.7 Å². The summed E-state index contributed by atoms with van der Waals surface area (Å²) in [7, 11) is -1.29. The van der Waals surface area contributed by atoms with Crippen LogP contribution in [0.1, 0.15) is 11.1 Å². The maximum atomic E-state index is 12.3. The zero-order valence-corrected chi connectivity index (χ0v) is 15.6. The average Bonchev–Trinajstić information content (AvgIpc) is 2.58. The summed E-state index contributed by atoms with van der Waals surface area (Å²) in [5, 5.41) is 0. The van der Waals surface area contributed by atoms with E-state index in [4.69, 9.17) is 0 Å². The minimum Gasteiger partial charge on any atom is -0.369 e. The molecule has 1 heterocycles. The van der Waals surface area contributed by atoms with Gasteiger partial charge in [-0.05, 0) is 43.8 Å². The molecule has 0 amide bonds. The van der Waals surface area contributed by atoms with E-state index in [9.17, 15) is 8.42 Å². The highest BCUT2D eigenvalue weighted by Gasteiger charge is 2.15. The van der Waals surface area contributed by atoms with Crippen LogP contribution in [0.25, 0.3) is 0 Å². The molecule has 5 nitrogen and oxygen atoms in total. The van der Waals surface area contributed by atoms with Crippen LogP contribution >= 0.6 is 0 Å². The molecule has 0 aliphatic carbocycles. The first kappa shape index (κ1) is 17.8. The molecule has 1 saturated heterocycles. The van der Waals surface area contributed by atoms with E-state index in [0.717, 1.165) is 43.0 Å². The largest absolute Gasteiger partial charge is 0.369 e. The van der Waals surface area contributed by atoms with E-state index in [2.05, 4.69) is 21.6 Å². The molecule has 0 radical (unpaired) electrons. The van der Waals surface area contributed by atoms with E-state index < -0.39 is 10.0 Å². The Morgan fingerprint density at radius 1 is 0.920 bits per heavy atom. The molecule has 25 heavy (non-hydrogen) atoms. The van der Waals surface area contributed by atoms with Crippen molar-refractivity contribution in [2.24, 2.45) is 0 Å². The lowest BCUT2D eigenvalue weighted by Gasteiger charge is -2.34. The second kappa shape index (κ2) is 7.45. The van der Waals surface area contributed by atoms with Gasteiger partial charge >= 0.3 is 0 Å². The molecule has 2 aromatic rings. The number of piperazine rings is 1. The van der Waals surface area contributed by atoms with Gasteiger partial charge in [0.05, 0.1) is 5.75 Å². The van der Waals surface area contributed by atoms with Gasteiger partial charge in [0.2, 0.25) is 10.0 Å². The molecule has 0 saturated carbocycles. The third kappa shape index (κ3) is 4.96. The summed E-state index contributed by atoms with van der Waals surface area (Å²) >= 11 is 0. The third-order valence-corrected chi connectivity index (χ3v) is 5.75. The summed E-state index contributed by atoms with van der Waals surface area (Å²) in [5.74, 6) is -0.0203. The van der Waals surface area contributed by atoms with Gasteiger partial charge in [0.25, 0.3) is 0 Å². The number of benzene rings is 2. The van der Waals surface area contributed by atoms with E-state index >= 15 is 0 Å². The Labute approximate surface area is 150 Å². The molecule has 134 valence electrons. The van der Waals surface area contributed by atoms with Crippen LogP contribution in [0.4, 0.5) is 11.4 Å². The summed E-state index contributed by atoms with van der Waals surface area (Å²) in [6.07, 6.45) is 0. The van der Waals surface area contributed by atoms with Crippen molar-refractivity contribution in [3.05, 3.63) is 59.7 Å². The molecule has 1 N–H and O–H groups in total. The third-order valence-electron chi connectivity index (χ3n) is 4.49. The van der Waals surface area contributed by atoms with Gasteiger partial charge in [0.1, 0.15) is 0 Å². The van der Waals surface area contributed by atoms with Crippen LogP contribution < -0.4 is 9.62 Å². The Hall–Kier alpha value is -2.05. The van der Waals surface area contributed by atoms with Crippen LogP contribution in [0.3, 0.4) is 0 Å². The zero-order valence-electron chi connectivity index (χ0n) is 14.8. The number of hydrogen-bond donors (Lipinski definition) is 1.